The van der Waals surface area contributed by atoms with E-state index in [9.17, 15) is 9.18 Å². The van der Waals surface area contributed by atoms with Gasteiger partial charge in [0.1, 0.15) is 11.6 Å². The average molecular weight is 363 g/mol. The van der Waals surface area contributed by atoms with Gasteiger partial charge in [-0.25, -0.2) is 4.39 Å². The topological polar surface area (TPSA) is 41.6 Å². The number of carbonyl (C=O) groups excluding carboxylic acids is 1. The summed E-state index contributed by atoms with van der Waals surface area (Å²) in [6, 6.07) is 11.7. The Labute approximate surface area is 151 Å². The normalized spacial score (nSPS) is 17.2. The fourth-order valence-electron chi connectivity index (χ4n) is 3.14. The van der Waals surface area contributed by atoms with E-state index in [0.717, 1.165) is 30.8 Å². The first-order valence-corrected chi connectivity index (χ1v) is 8.60. The molecule has 4 nitrogen and oxygen atoms in total. The van der Waals surface area contributed by atoms with E-state index in [0.29, 0.717) is 11.6 Å². The van der Waals surface area contributed by atoms with Gasteiger partial charge >= 0.3 is 0 Å². The number of rotatable bonds is 4. The van der Waals surface area contributed by atoms with Crippen molar-refractivity contribution in [1.82, 2.24) is 5.32 Å². The highest BCUT2D eigenvalue weighted by molar-refractivity contribution is 6.31. The molecule has 1 atom stereocenters. The van der Waals surface area contributed by atoms with Gasteiger partial charge in [-0.2, -0.15) is 0 Å². The summed E-state index contributed by atoms with van der Waals surface area (Å²) in [7, 11) is 1.64. The van der Waals surface area contributed by atoms with Crippen LogP contribution in [0.15, 0.2) is 42.5 Å². The molecule has 1 amide bonds. The van der Waals surface area contributed by atoms with Crippen LogP contribution in [0.3, 0.4) is 0 Å². The summed E-state index contributed by atoms with van der Waals surface area (Å²) in [4.78, 5) is 14.6. The maximum Gasteiger partial charge on any atom is 0.254 e. The van der Waals surface area contributed by atoms with Crippen molar-refractivity contribution >= 4 is 23.2 Å². The third kappa shape index (κ3) is 4.04. The van der Waals surface area contributed by atoms with Gasteiger partial charge in [0.2, 0.25) is 0 Å². The Hall–Kier alpha value is -2.27. The van der Waals surface area contributed by atoms with Crippen molar-refractivity contribution in [1.29, 1.82) is 0 Å². The number of ether oxygens (including phenoxy) is 1. The first-order valence-electron chi connectivity index (χ1n) is 8.22. The second-order valence-electron chi connectivity index (χ2n) is 6.05. The van der Waals surface area contributed by atoms with Gasteiger partial charge in [-0.3, -0.25) is 4.79 Å². The summed E-state index contributed by atoms with van der Waals surface area (Å²) in [6.07, 6.45) is 1.78. The zero-order valence-corrected chi connectivity index (χ0v) is 14.7. The SMILES string of the molecule is COc1ccccc1N1CCCC(NC(=O)c2cc(Cl)ccc2F)C1. The summed E-state index contributed by atoms with van der Waals surface area (Å²) in [5.74, 6) is -0.207. The third-order valence-corrected chi connectivity index (χ3v) is 4.59. The molecule has 0 aromatic heterocycles. The molecule has 1 fully saturated rings. The molecule has 0 spiro atoms. The summed E-state index contributed by atoms with van der Waals surface area (Å²) < 4.78 is 19.3. The molecule has 2 aromatic carbocycles. The molecule has 0 aliphatic carbocycles. The highest BCUT2D eigenvalue weighted by Crippen LogP contribution is 2.30. The largest absolute Gasteiger partial charge is 0.495 e. The predicted molar refractivity (Wildman–Crippen MR) is 97.1 cm³/mol. The van der Waals surface area contributed by atoms with Crippen LogP contribution in [0.2, 0.25) is 5.02 Å². The molecule has 0 bridgehead atoms. The fraction of sp³-hybridized carbons (Fsp3) is 0.316. The minimum absolute atomic E-state index is 0.0260. The summed E-state index contributed by atoms with van der Waals surface area (Å²) in [6.45, 7) is 1.53. The smallest absolute Gasteiger partial charge is 0.254 e. The number of amides is 1. The van der Waals surface area contributed by atoms with E-state index in [1.165, 1.54) is 18.2 Å². The third-order valence-electron chi connectivity index (χ3n) is 4.36. The lowest BCUT2D eigenvalue weighted by Crippen LogP contribution is -2.48. The van der Waals surface area contributed by atoms with Gasteiger partial charge in [-0.15, -0.1) is 0 Å². The Kier molecular flexibility index (Phi) is 5.43. The molecule has 1 aliphatic rings. The molecule has 6 heteroatoms. The van der Waals surface area contributed by atoms with Gasteiger partial charge in [0.15, 0.2) is 0 Å². The zero-order valence-electron chi connectivity index (χ0n) is 14.0. The first kappa shape index (κ1) is 17.5. The van der Waals surface area contributed by atoms with Gasteiger partial charge in [0, 0.05) is 24.2 Å². The zero-order chi connectivity index (χ0) is 17.8. The lowest BCUT2D eigenvalue weighted by molar-refractivity contribution is 0.0929. The molecule has 0 radical (unpaired) electrons. The van der Waals surface area contributed by atoms with E-state index in [2.05, 4.69) is 10.2 Å². The molecular weight excluding hydrogens is 343 g/mol. The first-order chi connectivity index (χ1) is 12.1. The Morgan fingerprint density at radius 3 is 2.92 bits per heavy atom. The maximum absolute atomic E-state index is 13.9. The highest BCUT2D eigenvalue weighted by atomic mass is 35.5. The van der Waals surface area contributed by atoms with E-state index in [4.69, 9.17) is 16.3 Å². The standard InChI is InChI=1S/C19H20ClFN2O2/c1-25-18-7-3-2-6-17(18)23-10-4-5-14(12-23)22-19(24)15-11-13(20)8-9-16(15)21/h2-3,6-9,11,14H,4-5,10,12H2,1H3,(H,22,24). The van der Waals surface area contributed by atoms with Crippen molar-refractivity contribution in [2.24, 2.45) is 0 Å². The Morgan fingerprint density at radius 1 is 1.32 bits per heavy atom. The minimum atomic E-state index is -0.570. The molecule has 2 aromatic rings. The monoisotopic (exact) mass is 362 g/mol. The number of hydrogen-bond donors (Lipinski definition) is 1. The molecule has 1 N–H and O–H groups in total. The quantitative estimate of drug-likeness (QED) is 0.897. The van der Waals surface area contributed by atoms with Crippen LogP contribution in [0.4, 0.5) is 10.1 Å². The van der Waals surface area contributed by atoms with Gasteiger partial charge < -0.3 is 15.0 Å². The molecule has 1 heterocycles. The number of nitrogens with one attached hydrogen (secondary N) is 1. The van der Waals surface area contributed by atoms with Gasteiger partial charge in [0.25, 0.3) is 5.91 Å². The second kappa shape index (κ2) is 7.74. The number of benzene rings is 2. The van der Waals surface area contributed by atoms with E-state index < -0.39 is 11.7 Å². The van der Waals surface area contributed by atoms with E-state index in [1.54, 1.807) is 7.11 Å². The van der Waals surface area contributed by atoms with E-state index >= 15 is 0 Å². The number of hydrogen-bond acceptors (Lipinski definition) is 3. The Bertz CT molecular complexity index is 769. The lowest BCUT2D eigenvalue weighted by atomic mass is 10.0. The predicted octanol–water partition coefficient (Wildman–Crippen LogP) is 3.89. The fourth-order valence-corrected chi connectivity index (χ4v) is 3.31. The van der Waals surface area contributed by atoms with Crippen LogP contribution in [-0.2, 0) is 0 Å². The summed E-state index contributed by atoms with van der Waals surface area (Å²) >= 11 is 5.87. The number of nitrogens with zero attached hydrogens (tertiary/aromatic N) is 1. The number of methoxy groups -OCH3 is 1. The summed E-state index contributed by atoms with van der Waals surface area (Å²) in [5.41, 5.74) is 0.972. The number of halogens is 2. The van der Waals surface area contributed by atoms with Crippen LogP contribution in [0.1, 0.15) is 23.2 Å². The molecule has 0 saturated carbocycles. The van der Waals surface area contributed by atoms with Gasteiger partial charge in [0.05, 0.1) is 18.4 Å². The molecule has 3 rings (SSSR count). The average Bonchev–Trinajstić information content (AvgIpc) is 2.63. The van der Waals surface area contributed by atoms with Crippen LogP contribution < -0.4 is 15.0 Å². The van der Waals surface area contributed by atoms with Crippen LogP contribution in [0, 0.1) is 5.82 Å². The molecule has 1 saturated heterocycles. The molecular formula is C19H20ClFN2O2. The van der Waals surface area contributed by atoms with Crippen molar-refractivity contribution in [2.75, 3.05) is 25.1 Å². The molecule has 132 valence electrons. The molecule has 1 unspecified atom stereocenters. The Morgan fingerprint density at radius 2 is 2.12 bits per heavy atom. The van der Waals surface area contributed by atoms with Crippen molar-refractivity contribution in [3.05, 3.63) is 58.9 Å². The van der Waals surface area contributed by atoms with Crippen molar-refractivity contribution in [2.45, 2.75) is 18.9 Å². The van der Waals surface area contributed by atoms with Crippen LogP contribution in [-0.4, -0.2) is 32.1 Å². The number of carbonyl (C=O) groups is 1. The van der Waals surface area contributed by atoms with Crippen LogP contribution in [0.25, 0.3) is 0 Å². The maximum atomic E-state index is 13.9. The van der Waals surface area contributed by atoms with Gasteiger partial charge in [-0.1, -0.05) is 23.7 Å². The number of anilines is 1. The lowest BCUT2D eigenvalue weighted by Gasteiger charge is -2.35. The van der Waals surface area contributed by atoms with Crippen molar-refractivity contribution < 1.29 is 13.9 Å². The van der Waals surface area contributed by atoms with Gasteiger partial charge in [-0.05, 0) is 43.2 Å². The second-order valence-corrected chi connectivity index (χ2v) is 6.49. The molecule has 25 heavy (non-hydrogen) atoms. The molecule has 1 aliphatic heterocycles. The number of para-hydroxylation sites is 2. The van der Waals surface area contributed by atoms with Crippen LogP contribution >= 0.6 is 11.6 Å². The summed E-state index contributed by atoms with van der Waals surface area (Å²) in [5, 5.41) is 3.26. The van der Waals surface area contributed by atoms with Crippen LogP contribution in [0.5, 0.6) is 5.75 Å². The van der Waals surface area contributed by atoms with E-state index in [-0.39, 0.29) is 11.6 Å². The highest BCUT2D eigenvalue weighted by Gasteiger charge is 2.24. The van der Waals surface area contributed by atoms with Crippen molar-refractivity contribution in [3.8, 4) is 5.75 Å². The number of piperidine rings is 1. The Balaban J connectivity index is 1.71. The van der Waals surface area contributed by atoms with E-state index in [1.807, 2.05) is 24.3 Å². The van der Waals surface area contributed by atoms with Crippen molar-refractivity contribution in [3.63, 3.8) is 0 Å². The minimum Gasteiger partial charge on any atom is -0.495 e.